The lowest BCUT2D eigenvalue weighted by Crippen LogP contribution is -2.14. The fourth-order valence-electron chi connectivity index (χ4n) is 1.84. The Bertz CT molecular complexity index is 731. The van der Waals surface area contributed by atoms with Gasteiger partial charge in [0.25, 0.3) is 11.6 Å². The summed E-state index contributed by atoms with van der Waals surface area (Å²) in [5.74, 6) is -0.886. The van der Waals surface area contributed by atoms with Crippen molar-refractivity contribution < 1.29 is 14.8 Å². The molecule has 0 spiro atoms. The van der Waals surface area contributed by atoms with Gasteiger partial charge < -0.3 is 10.4 Å². The Hall–Kier alpha value is -2.41. The number of benzene rings is 2. The third-order valence-corrected chi connectivity index (χ3v) is 3.83. The summed E-state index contributed by atoms with van der Waals surface area (Å²) in [6, 6.07) is 8.90. The molecule has 2 rings (SSSR count). The predicted octanol–water partition coefficient (Wildman–Crippen LogP) is 3.62. The van der Waals surface area contributed by atoms with Crippen LogP contribution in [0.2, 0.25) is 0 Å². The molecule has 2 N–H and O–H groups in total. The molecule has 2 aromatic carbocycles. The maximum atomic E-state index is 12.2. The van der Waals surface area contributed by atoms with Crippen molar-refractivity contribution in [2.24, 2.45) is 0 Å². The van der Waals surface area contributed by atoms with Crippen molar-refractivity contribution in [2.45, 2.75) is 6.92 Å². The summed E-state index contributed by atoms with van der Waals surface area (Å²) in [5, 5.41) is 23.1. The van der Waals surface area contributed by atoms with Gasteiger partial charge in [-0.05, 0) is 30.7 Å². The van der Waals surface area contributed by atoms with E-state index in [0.29, 0.717) is 11.1 Å². The Kier molecular flexibility index (Phi) is 4.23. The van der Waals surface area contributed by atoms with E-state index in [1.807, 2.05) is 0 Å². The third-order valence-electron chi connectivity index (χ3n) is 2.97. The van der Waals surface area contributed by atoms with E-state index in [4.69, 9.17) is 0 Å². The second-order valence-corrected chi connectivity index (χ2v) is 5.15. The van der Waals surface area contributed by atoms with Gasteiger partial charge in [0.05, 0.1) is 4.92 Å². The number of rotatable bonds is 3. The second kappa shape index (κ2) is 5.92. The number of phenols is 1. The molecule has 0 fully saturated rings. The average molecular weight is 351 g/mol. The number of para-hydroxylation sites is 1. The van der Waals surface area contributed by atoms with Crippen molar-refractivity contribution in [1.82, 2.24) is 0 Å². The second-order valence-electron chi connectivity index (χ2n) is 4.29. The van der Waals surface area contributed by atoms with Crippen LogP contribution in [-0.4, -0.2) is 15.9 Å². The first-order valence-electron chi connectivity index (χ1n) is 5.94. The topological polar surface area (TPSA) is 92.5 Å². The molecule has 0 saturated carbocycles. The Morgan fingerprint density at radius 2 is 1.95 bits per heavy atom. The maximum absolute atomic E-state index is 12.2. The quantitative estimate of drug-likeness (QED) is 0.502. The van der Waals surface area contributed by atoms with Gasteiger partial charge in [0.15, 0.2) is 5.69 Å². The highest BCUT2D eigenvalue weighted by Gasteiger charge is 2.21. The van der Waals surface area contributed by atoms with E-state index in [2.05, 4.69) is 21.2 Å². The summed E-state index contributed by atoms with van der Waals surface area (Å²) in [6.45, 7) is 1.75. The predicted molar refractivity (Wildman–Crippen MR) is 81.6 cm³/mol. The molecule has 7 heteroatoms. The van der Waals surface area contributed by atoms with Gasteiger partial charge in [-0.3, -0.25) is 14.9 Å². The zero-order valence-electron chi connectivity index (χ0n) is 11.0. The van der Waals surface area contributed by atoms with Gasteiger partial charge in [-0.2, -0.15) is 0 Å². The van der Waals surface area contributed by atoms with Crippen LogP contribution in [0.25, 0.3) is 0 Å². The number of carbonyl (C=O) groups excluding carboxylic acids is 1. The molecule has 6 nitrogen and oxygen atoms in total. The number of nitrogens with one attached hydrogen (secondary N) is 1. The van der Waals surface area contributed by atoms with E-state index in [1.165, 1.54) is 18.2 Å². The van der Waals surface area contributed by atoms with Crippen molar-refractivity contribution in [3.8, 4) is 5.75 Å². The van der Waals surface area contributed by atoms with Crippen LogP contribution < -0.4 is 5.32 Å². The van der Waals surface area contributed by atoms with Crippen molar-refractivity contribution in [2.75, 3.05) is 5.32 Å². The number of carbonyl (C=O) groups is 1. The summed E-state index contributed by atoms with van der Waals surface area (Å²) in [7, 11) is 0. The van der Waals surface area contributed by atoms with Gasteiger partial charge >= 0.3 is 0 Å². The first kappa shape index (κ1) is 15.0. The molecular formula is C14H11BrN2O4. The molecule has 0 aromatic heterocycles. The molecular weight excluding hydrogens is 340 g/mol. The molecule has 0 radical (unpaired) electrons. The molecule has 0 aliphatic heterocycles. The highest BCUT2D eigenvalue weighted by Crippen LogP contribution is 2.33. The minimum atomic E-state index is -0.664. The summed E-state index contributed by atoms with van der Waals surface area (Å²) >= 11 is 3.31. The molecule has 0 atom stereocenters. The third kappa shape index (κ3) is 3.03. The summed E-state index contributed by atoms with van der Waals surface area (Å²) in [5.41, 5.74) is 0.484. The van der Waals surface area contributed by atoms with Crippen LogP contribution in [0.15, 0.2) is 40.9 Å². The van der Waals surface area contributed by atoms with E-state index in [9.17, 15) is 20.0 Å². The minimum absolute atomic E-state index is 0.216. The zero-order chi connectivity index (χ0) is 15.6. The number of amides is 1. The number of anilines is 1. The van der Waals surface area contributed by atoms with Crippen molar-refractivity contribution >= 4 is 33.2 Å². The van der Waals surface area contributed by atoms with Gasteiger partial charge in [0, 0.05) is 16.1 Å². The standard InChI is InChI=1S/C14H11BrN2O4/c1-8-9(4-2-5-10(8)15)14(19)16-13-11(17(20)21)6-3-7-12(13)18/h2-7,18H,1H3,(H,16,19). The molecule has 0 bridgehead atoms. The first-order chi connectivity index (χ1) is 9.91. The number of nitrogens with zero attached hydrogens (tertiary/aromatic N) is 1. The molecule has 0 unspecified atom stereocenters. The highest BCUT2D eigenvalue weighted by atomic mass is 79.9. The highest BCUT2D eigenvalue weighted by molar-refractivity contribution is 9.10. The van der Waals surface area contributed by atoms with Crippen LogP contribution in [-0.2, 0) is 0 Å². The largest absolute Gasteiger partial charge is 0.505 e. The lowest BCUT2D eigenvalue weighted by molar-refractivity contribution is -0.384. The summed E-state index contributed by atoms with van der Waals surface area (Å²) in [4.78, 5) is 22.5. The van der Waals surface area contributed by atoms with E-state index in [0.717, 1.165) is 4.47 Å². The number of phenolic OH excluding ortho intramolecular Hbond substituents is 1. The monoisotopic (exact) mass is 350 g/mol. The Balaban J connectivity index is 2.41. The lowest BCUT2D eigenvalue weighted by atomic mass is 10.1. The zero-order valence-corrected chi connectivity index (χ0v) is 12.5. The smallest absolute Gasteiger partial charge is 0.296 e. The van der Waals surface area contributed by atoms with Crippen LogP contribution in [0.4, 0.5) is 11.4 Å². The van der Waals surface area contributed by atoms with Gasteiger partial charge in [0.2, 0.25) is 0 Å². The average Bonchev–Trinajstić information content (AvgIpc) is 2.43. The van der Waals surface area contributed by atoms with Gasteiger partial charge in [-0.25, -0.2) is 0 Å². The number of aromatic hydroxyl groups is 1. The van der Waals surface area contributed by atoms with Gasteiger partial charge in [-0.15, -0.1) is 0 Å². The fourth-order valence-corrected chi connectivity index (χ4v) is 2.21. The maximum Gasteiger partial charge on any atom is 0.296 e. The SMILES string of the molecule is Cc1c(Br)cccc1C(=O)Nc1c(O)cccc1[N+](=O)[O-]. The molecule has 2 aromatic rings. The minimum Gasteiger partial charge on any atom is -0.505 e. The molecule has 0 aliphatic rings. The van der Waals surface area contributed by atoms with E-state index < -0.39 is 10.8 Å². The first-order valence-corrected chi connectivity index (χ1v) is 6.74. The lowest BCUT2D eigenvalue weighted by Gasteiger charge is -2.10. The Morgan fingerprint density at radius 3 is 2.62 bits per heavy atom. The van der Waals surface area contributed by atoms with Gasteiger partial charge in [-0.1, -0.05) is 28.1 Å². The van der Waals surface area contributed by atoms with Crippen LogP contribution in [0.3, 0.4) is 0 Å². The van der Waals surface area contributed by atoms with Gasteiger partial charge in [0.1, 0.15) is 5.75 Å². The number of nitro benzene ring substituents is 1. The molecule has 0 saturated heterocycles. The Labute approximate surface area is 128 Å². The van der Waals surface area contributed by atoms with Crippen LogP contribution in [0.5, 0.6) is 5.75 Å². The number of hydrogen-bond donors (Lipinski definition) is 2. The normalized spacial score (nSPS) is 10.2. The molecule has 1 amide bonds. The van der Waals surface area contributed by atoms with Crippen molar-refractivity contribution in [3.05, 3.63) is 62.1 Å². The van der Waals surface area contributed by atoms with Crippen molar-refractivity contribution in [1.29, 1.82) is 0 Å². The number of nitro groups is 1. The molecule has 0 heterocycles. The van der Waals surface area contributed by atoms with Crippen LogP contribution >= 0.6 is 15.9 Å². The molecule has 21 heavy (non-hydrogen) atoms. The van der Waals surface area contributed by atoms with E-state index in [1.54, 1.807) is 25.1 Å². The summed E-state index contributed by atoms with van der Waals surface area (Å²) < 4.78 is 0.752. The number of halogens is 1. The van der Waals surface area contributed by atoms with Crippen molar-refractivity contribution in [3.63, 3.8) is 0 Å². The molecule has 0 aliphatic carbocycles. The number of hydrogen-bond acceptors (Lipinski definition) is 4. The molecule has 108 valence electrons. The van der Waals surface area contributed by atoms with Crippen LogP contribution in [0, 0.1) is 17.0 Å². The summed E-state index contributed by atoms with van der Waals surface area (Å²) in [6.07, 6.45) is 0. The van der Waals surface area contributed by atoms with E-state index in [-0.39, 0.29) is 17.1 Å². The fraction of sp³-hybridized carbons (Fsp3) is 0.0714. The Morgan fingerprint density at radius 1 is 1.29 bits per heavy atom. The van der Waals surface area contributed by atoms with Crippen LogP contribution in [0.1, 0.15) is 15.9 Å². The van der Waals surface area contributed by atoms with E-state index >= 15 is 0 Å².